The predicted molar refractivity (Wildman–Crippen MR) is 61.1 cm³/mol. The van der Waals surface area contributed by atoms with Gasteiger partial charge in [0.15, 0.2) is 0 Å². The number of nitrogens with zero attached hydrogens (tertiary/aromatic N) is 3. The Morgan fingerprint density at radius 2 is 1.87 bits per heavy atom. The van der Waals surface area contributed by atoms with E-state index < -0.39 is 0 Å². The standard InChI is InChI=1S/C11H19N3O/c1-4-14(6-5-7-15)11-12-9(2)8-10(3)13-11/h8,15H,4-7H2,1-3H3. The number of hydrogen-bond acceptors (Lipinski definition) is 4. The summed E-state index contributed by atoms with van der Waals surface area (Å²) in [5.41, 5.74) is 1.97. The molecule has 0 saturated carbocycles. The van der Waals surface area contributed by atoms with Crippen LogP contribution in [0.15, 0.2) is 6.07 Å². The second-order valence-electron chi connectivity index (χ2n) is 3.61. The Labute approximate surface area is 91.0 Å². The molecular formula is C11H19N3O. The average molecular weight is 209 g/mol. The van der Waals surface area contributed by atoms with Crippen LogP contribution in [0.1, 0.15) is 24.7 Å². The molecule has 1 aromatic rings. The Balaban J connectivity index is 2.81. The number of aryl methyl sites for hydroxylation is 2. The van der Waals surface area contributed by atoms with Gasteiger partial charge in [0, 0.05) is 31.1 Å². The van der Waals surface area contributed by atoms with E-state index in [1.54, 1.807) is 0 Å². The van der Waals surface area contributed by atoms with Gasteiger partial charge in [-0.25, -0.2) is 9.97 Å². The van der Waals surface area contributed by atoms with Crippen molar-refractivity contribution in [3.8, 4) is 0 Å². The van der Waals surface area contributed by atoms with E-state index in [1.807, 2.05) is 19.9 Å². The smallest absolute Gasteiger partial charge is 0.225 e. The largest absolute Gasteiger partial charge is 0.396 e. The number of anilines is 1. The lowest BCUT2D eigenvalue weighted by Crippen LogP contribution is -2.27. The summed E-state index contributed by atoms with van der Waals surface area (Å²) in [6.45, 7) is 7.88. The first-order valence-corrected chi connectivity index (χ1v) is 5.35. The molecule has 0 spiro atoms. The molecule has 15 heavy (non-hydrogen) atoms. The molecule has 4 heteroatoms. The molecule has 0 aliphatic heterocycles. The number of rotatable bonds is 5. The van der Waals surface area contributed by atoms with Gasteiger partial charge >= 0.3 is 0 Å². The Hall–Kier alpha value is -1.16. The summed E-state index contributed by atoms with van der Waals surface area (Å²) < 4.78 is 0. The van der Waals surface area contributed by atoms with Crippen LogP contribution in [0.5, 0.6) is 0 Å². The highest BCUT2D eigenvalue weighted by molar-refractivity contribution is 5.31. The highest BCUT2D eigenvalue weighted by Crippen LogP contribution is 2.09. The lowest BCUT2D eigenvalue weighted by molar-refractivity contribution is 0.289. The normalized spacial score (nSPS) is 10.4. The average Bonchev–Trinajstić information content (AvgIpc) is 2.17. The van der Waals surface area contributed by atoms with Crippen molar-refractivity contribution in [1.82, 2.24) is 9.97 Å². The first-order chi connectivity index (χ1) is 7.17. The quantitative estimate of drug-likeness (QED) is 0.794. The lowest BCUT2D eigenvalue weighted by atomic mass is 10.3. The third-order valence-electron chi connectivity index (χ3n) is 2.22. The van der Waals surface area contributed by atoms with Gasteiger partial charge in [-0.3, -0.25) is 0 Å². The molecule has 0 fully saturated rings. The molecule has 1 N–H and O–H groups in total. The molecule has 1 aromatic heterocycles. The molecule has 0 unspecified atom stereocenters. The molecule has 0 bridgehead atoms. The molecule has 0 aliphatic rings. The Morgan fingerprint density at radius 3 is 2.33 bits per heavy atom. The molecule has 1 rings (SSSR count). The maximum Gasteiger partial charge on any atom is 0.225 e. The van der Waals surface area contributed by atoms with Gasteiger partial charge < -0.3 is 10.0 Å². The predicted octanol–water partition coefficient (Wildman–Crippen LogP) is 1.30. The monoisotopic (exact) mass is 209 g/mol. The van der Waals surface area contributed by atoms with Crippen molar-refractivity contribution in [3.05, 3.63) is 17.5 Å². The third-order valence-corrected chi connectivity index (χ3v) is 2.22. The second kappa shape index (κ2) is 5.66. The zero-order chi connectivity index (χ0) is 11.3. The summed E-state index contributed by atoms with van der Waals surface area (Å²) in [4.78, 5) is 10.9. The van der Waals surface area contributed by atoms with Crippen molar-refractivity contribution in [3.63, 3.8) is 0 Å². The molecular weight excluding hydrogens is 190 g/mol. The summed E-state index contributed by atoms with van der Waals surface area (Å²) >= 11 is 0. The van der Waals surface area contributed by atoms with Crippen molar-refractivity contribution >= 4 is 5.95 Å². The number of hydrogen-bond donors (Lipinski definition) is 1. The molecule has 84 valence electrons. The lowest BCUT2D eigenvalue weighted by Gasteiger charge is -2.20. The summed E-state index contributed by atoms with van der Waals surface area (Å²) in [5, 5.41) is 8.80. The van der Waals surface area contributed by atoms with Gasteiger partial charge in [-0.15, -0.1) is 0 Å². The minimum atomic E-state index is 0.210. The molecule has 0 atom stereocenters. The van der Waals surface area contributed by atoms with Crippen LogP contribution in [-0.2, 0) is 0 Å². The minimum absolute atomic E-state index is 0.210. The Kier molecular flexibility index (Phi) is 4.49. The molecule has 0 aliphatic carbocycles. The summed E-state index contributed by atoms with van der Waals surface area (Å²) in [6, 6.07) is 1.96. The fourth-order valence-electron chi connectivity index (χ4n) is 1.51. The number of aliphatic hydroxyl groups excluding tert-OH is 1. The van der Waals surface area contributed by atoms with Crippen LogP contribution in [0, 0.1) is 13.8 Å². The summed E-state index contributed by atoms with van der Waals surface area (Å²) in [7, 11) is 0. The van der Waals surface area contributed by atoms with Gasteiger partial charge in [0.2, 0.25) is 5.95 Å². The van der Waals surface area contributed by atoms with Crippen LogP contribution in [0.3, 0.4) is 0 Å². The van der Waals surface area contributed by atoms with Crippen molar-refractivity contribution in [2.24, 2.45) is 0 Å². The van der Waals surface area contributed by atoms with Gasteiger partial charge in [-0.1, -0.05) is 0 Å². The summed E-state index contributed by atoms with van der Waals surface area (Å²) in [6.07, 6.45) is 0.754. The highest BCUT2D eigenvalue weighted by atomic mass is 16.3. The van der Waals surface area contributed by atoms with Crippen LogP contribution in [0.25, 0.3) is 0 Å². The maximum absolute atomic E-state index is 8.80. The molecule has 4 nitrogen and oxygen atoms in total. The first kappa shape index (κ1) is 11.9. The van der Waals surface area contributed by atoms with Gasteiger partial charge in [0.05, 0.1) is 0 Å². The zero-order valence-corrected chi connectivity index (χ0v) is 9.69. The van der Waals surface area contributed by atoms with Crippen molar-refractivity contribution < 1.29 is 5.11 Å². The SMILES string of the molecule is CCN(CCCO)c1nc(C)cc(C)n1. The van der Waals surface area contributed by atoms with E-state index in [0.29, 0.717) is 0 Å². The Bertz CT molecular complexity index is 294. The van der Waals surface area contributed by atoms with Crippen molar-refractivity contribution in [2.75, 3.05) is 24.6 Å². The van der Waals surface area contributed by atoms with E-state index in [2.05, 4.69) is 21.8 Å². The van der Waals surface area contributed by atoms with Crippen LogP contribution in [0.4, 0.5) is 5.95 Å². The fraction of sp³-hybridized carbons (Fsp3) is 0.636. The first-order valence-electron chi connectivity index (χ1n) is 5.35. The Morgan fingerprint density at radius 1 is 1.27 bits per heavy atom. The molecule has 0 amide bonds. The van der Waals surface area contributed by atoms with Gasteiger partial charge in [0.1, 0.15) is 0 Å². The number of aliphatic hydroxyl groups is 1. The van der Waals surface area contributed by atoms with Gasteiger partial charge in [-0.05, 0) is 33.3 Å². The maximum atomic E-state index is 8.80. The van der Waals surface area contributed by atoms with Gasteiger partial charge in [0.25, 0.3) is 0 Å². The molecule has 0 saturated heterocycles. The van der Waals surface area contributed by atoms with Crippen LogP contribution >= 0.6 is 0 Å². The van der Waals surface area contributed by atoms with Crippen molar-refractivity contribution in [2.45, 2.75) is 27.2 Å². The fourth-order valence-corrected chi connectivity index (χ4v) is 1.51. The van der Waals surface area contributed by atoms with E-state index in [-0.39, 0.29) is 6.61 Å². The minimum Gasteiger partial charge on any atom is -0.396 e. The van der Waals surface area contributed by atoms with E-state index >= 15 is 0 Å². The van der Waals surface area contributed by atoms with E-state index in [1.165, 1.54) is 0 Å². The van der Waals surface area contributed by atoms with E-state index in [9.17, 15) is 0 Å². The van der Waals surface area contributed by atoms with E-state index in [4.69, 9.17) is 5.11 Å². The van der Waals surface area contributed by atoms with Crippen LogP contribution in [0.2, 0.25) is 0 Å². The second-order valence-corrected chi connectivity index (χ2v) is 3.61. The van der Waals surface area contributed by atoms with Crippen LogP contribution < -0.4 is 4.90 Å². The molecule has 0 aromatic carbocycles. The third kappa shape index (κ3) is 3.47. The highest BCUT2D eigenvalue weighted by Gasteiger charge is 2.07. The van der Waals surface area contributed by atoms with E-state index in [0.717, 1.165) is 36.8 Å². The summed E-state index contributed by atoms with van der Waals surface area (Å²) in [5.74, 6) is 0.767. The zero-order valence-electron chi connectivity index (χ0n) is 9.69. The van der Waals surface area contributed by atoms with Crippen molar-refractivity contribution in [1.29, 1.82) is 0 Å². The molecule has 1 heterocycles. The van der Waals surface area contributed by atoms with Crippen LogP contribution in [-0.4, -0.2) is 34.8 Å². The topological polar surface area (TPSA) is 49.2 Å². The van der Waals surface area contributed by atoms with Gasteiger partial charge in [-0.2, -0.15) is 0 Å². The molecule has 0 radical (unpaired) electrons. The number of aromatic nitrogens is 2.